The Hall–Kier alpha value is -1.67. The predicted octanol–water partition coefficient (Wildman–Crippen LogP) is 3.14. The van der Waals surface area contributed by atoms with E-state index >= 15 is 0 Å². The van der Waals surface area contributed by atoms with Gasteiger partial charge < -0.3 is 14.9 Å². The summed E-state index contributed by atoms with van der Waals surface area (Å²) in [5.74, 6) is -1.08. The van der Waals surface area contributed by atoms with Crippen molar-refractivity contribution in [1.82, 2.24) is 9.88 Å². The number of rotatable bonds is 5. The Balaban J connectivity index is 1.72. The molecule has 6 nitrogen and oxygen atoms in total. The van der Waals surface area contributed by atoms with Gasteiger partial charge in [0.2, 0.25) is 0 Å². The lowest BCUT2D eigenvalue weighted by molar-refractivity contribution is -0.143. The van der Waals surface area contributed by atoms with Gasteiger partial charge in [-0.25, -0.2) is 4.98 Å². The fraction of sp³-hybridized carbons (Fsp3) is 0.562. The van der Waals surface area contributed by atoms with Crippen LogP contribution in [0.15, 0.2) is 6.07 Å². The highest BCUT2D eigenvalue weighted by Gasteiger charge is 2.28. The van der Waals surface area contributed by atoms with E-state index in [2.05, 4.69) is 23.7 Å². The Morgan fingerprint density at radius 2 is 1.96 bits per heavy atom. The molecule has 1 amide bonds. The molecule has 0 bridgehead atoms. The molecule has 0 aliphatic carbocycles. The zero-order valence-electron chi connectivity index (χ0n) is 13.8. The molecule has 8 heteroatoms. The number of likely N-dealkylation sites (tertiary alicyclic amines) is 1. The topological polar surface area (TPSA) is 73.7 Å². The van der Waals surface area contributed by atoms with Crippen LogP contribution in [-0.4, -0.2) is 53.0 Å². The maximum Gasteiger partial charge on any atom is 0.306 e. The number of nitrogens with zero attached hydrogens (tertiary/aromatic N) is 3. The summed E-state index contributed by atoms with van der Waals surface area (Å²) in [6, 6.07) is 1.93. The van der Waals surface area contributed by atoms with Crippen LogP contribution in [0.3, 0.4) is 0 Å². The van der Waals surface area contributed by atoms with Gasteiger partial charge in [-0.2, -0.15) is 0 Å². The molecular formula is C16H21N3O3S2. The molecule has 0 atom stereocenters. The lowest BCUT2D eigenvalue weighted by atomic mass is 9.97. The van der Waals surface area contributed by atoms with Crippen LogP contribution in [0.25, 0.3) is 9.53 Å². The van der Waals surface area contributed by atoms with Crippen LogP contribution in [0.5, 0.6) is 0 Å². The van der Waals surface area contributed by atoms with Crippen molar-refractivity contribution in [2.24, 2.45) is 5.92 Å². The van der Waals surface area contributed by atoms with Gasteiger partial charge in [-0.3, -0.25) is 9.59 Å². The monoisotopic (exact) mass is 367 g/mol. The number of aromatic nitrogens is 1. The van der Waals surface area contributed by atoms with Gasteiger partial charge in [0.15, 0.2) is 5.13 Å². The summed E-state index contributed by atoms with van der Waals surface area (Å²) in [4.78, 5) is 33.9. The van der Waals surface area contributed by atoms with Gasteiger partial charge in [0, 0.05) is 26.2 Å². The Labute approximate surface area is 148 Å². The number of carbonyl (C=O) groups is 2. The number of carboxylic acid groups (broad SMARTS) is 1. The Bertz CT molecular complexity index is 711. The first-order valence-corrected chi connectivity index (χ1v) is 9.84. The number of carbonyl (C=O) groups excluding carboxylic acids is 1. The molecule has 1 fully saturated rings. The van der Waals surface area contributed by atoms with Crippen molar-refractivity contribution in [2.75, 3.05) is 31.1 Å². The maximum atomic E-state index is 12.6. The number of thiophene rings is 1. The van der Waals surface area contributed by atoms with E-state index in [0.717, 1.165) is 27.8 Å². The molecule has 130 valence electrons. The Morgan fingerprint density at radius 3 is 2.50 bits per heavy atom. The second-order valence-corrected chi connectivity index (χ2v) is 7.89. The second-order valence-electron chi connectivity index (χ2n) is 5.85. The van der Waals surface area contributed by atoms with Gasteiger partial charge in [0.25, 0.3) is 5.91 Å². The molecule has 24 heavy (non-hydrogen) atoms. The third-order valence-electron chi connectivity index (χ3n) is 4.45. The normalized spacial score (nSPS) is 15.8. The van der Waals surface area contributed by atoms with Crippen molar-refractivity contribution < 1.29 is 14.7 Å². The lowest BCUT2D eigenvalue weighted by Gasteiger charge is -2.29. The van der Waals surface area contributed by atoms with E-state index in [9.17, 15) is 9.59 Å². The third-order valence-corrected chi connectivity index (χ3v) is 6.66. The summed E-state index contributed by atoms with van der Waals surface area (Å²) in [6.07, 6.45) is 1.07. The van der Waals surface area contributed by atoms with Crippen molar-refractivity contribution in [3.63, 3.8) is 0 Å². The smallest absolute Gasteiger partial charge is 0.306 e. The number of thiazole rings is 1. The number of amides is 1. The van der Waals surface area contributed by atoms with E-state index in [0.29, 0.717) is 30.8 Å². The molecular weight excluding hydrogens is 346 g/mol. The summed E-state index contributed by atoms with van der Waals surface area (Å²) in [5.41, 5.74) is 0. The van der Waals surface area contributed by atoms with E-state index in [1.54, 1.807) is 16.2 Å². The van der Waals surface area contributed by atoms with Crippen LogP contribution in [0.1, 0.15) is 36.4 Å². The summed E-state index contributed by atoms with van der Waals surface area (Å²) < 4.78 is 1.05. The first-order chi connectivity index (χ1) is 11.5. The quantitative estimate of drug-likeness (QED) is 0.879. The third kappa shape index (κ3) is 3.25. The Morgan fingerprint density at radius 1 is 1.29 bits per heavy atom. The molecule has 0 unspecified atom stereocenters. The summed E-state index contributed by atoms with van der Waals surface area (Å²) in [6.45, 7) is 7.07. The van der Waals surface area contributed by atoms with E-state index in [1.807, 2.05) is 6.07 Å². The van der Waals surface area contributed by atoms with Crippen molar-refractivity contribution in [2.45, 2.75) is 26.7 Å². The largest absolute Gasteiger partial charge is 0.481 e. The summed E-state index contributed by atoms with van der Waals surface area (Å²) in [7, 11) is 0. The minimum absolute atomic E-state index is 0.00146. The summed E-state index contributed by atoms with van der Waals surface area (Å²) in [5, 5.41) is 10.0. The highest BCUT2D eigenvalue weighted by atomic mass is 32.1. The average Bonchev–Trinajstić information content (AvgIpc) is 3.14. The SMILES string of the molecule is CCN(CC)c1nc2sc(C(=O)N3CCC(C(=O)O)CC3)cc2s1. The first-order valence-electron chi connectivity index (χ1n) is 8.20. The van der Waals surface area contributed by atoms with Crippen molar-refractivity contribution in [1.29, 1.82) is 0 Å². The van der Waals surface area contributed by atoms with Crippen LogP contribution in [0.2, 0.25) is 0 Å². The minimum Gasteiger partial charge on any atom is -0.481 e. The molecule has 0 aromatic carbocycles. The van der Waals surface area contributed by atoms with Gasteiger partial charge in [-0.05, 0) is 32.8 Å². The zero-order valence-corrected chi connectivity index (χ0v) is 15.5. The fourth-order valence-electron chi connectivity index (χ4n) is 2.94. The fourth-order valence-corrected chi connectivity index (χ4v) is 5.25. The maximum absolute atomic E-state index is 12.6. The highest BCUT2D eigenvalue weighted by molar-refractivity contribution is 7.29. The number of hydrogen-bond donors (Lipinski definition) is 1. The van der Waals surface area contributed by atoms with E-state index in [1.165, 1.54) is 11.3 Å². The number of fused-ring (bicyclic) bond motifs is 1. The highest BCUT2D eigenvalue weighted by Crippen LogP contribution is 2.35. The molecule has 2 aromatic heterocycles. The molecule has 2 aromatic rings. The molecule has 0 radical (unpaired) electrons. The number of aliphatic carboxylic acids is 1. The van der Waals surface area contributed by atoms with Crippen LogP contribution < -0.4 is 4.90 Å². The predicted molar refractivity (Wildman–Crippen MR) is 97.3 cm³/mol. The lowest BCUT2D eigenvalue weighted by Crippen LogP contribution is -2.39. The molecule has 0 saturated carbocycles. The summed E-state index contributed by atoms with van der Waals surface area (Å²) >= 11 is 3.05. The standard InChI is InChI=1S/C16H21N3O3S2/c1-3-18(4-2)16-17-13-11(24-16)9-12(23-13)14(20)19-7-5-10(6-8-19)15(21)22/h9-10H,3-8H2,1-2H3,(H,21,22). The minimum atomic E-state index is -0.758. The molecule has 1 N–H and O–H groups in total. The average molecular weight is 367 g/mol. The van der Waals surface area contributed by atoms with Gasteiger partial charge >= 0.3 is 5.97 Å². The van der Waals surface area contributed by atoms with Gasteiger partial charge in [0.1, 0.15) is 4.83 Å². The van der Waals surface area contributed by atoms with E-state index < -0.39 is 5.97 Å². The van der Waals surface area contributed by atoms with E-state index in [-0.39, 0.29) is 11.8 Å². The van der Waals surface area contributed by atoms with Gasteiger partial charge in [-0.1, -0.05) is 11.3 Å². The van der Waals surface area contributed by atoms with Crippen molar-refractivity contribution in [3.8, 4) is 0 Å². The number of carboxylic acids is 1. The Kier molecular flexibility index (Phi) is 5.05. The molecule has 3 rings (SSSR count). The zero-order chi connectivity index (χ0) is 17.3. The second kappa shape index (κ2) is 7.06. The number of anilines is 1. The molecule has 0 spiro atoms. The van der Waals surface area contributed by atoms with Crippen molar-refractivity contribution >= 4 is 49.2 Å². The molecule has 3 heterocycles. The number of piperidine rings is 1. The molecule has 1 aliphatic heterocycles. The van der Waals surface area contributed by atoms with Crippen molar-refractivity contribution in [3.05, 3.63) is 10.9 Å². The van der Waals surface area contributed by atoms with Gasteiger partial charge in [0.05, 0.1) is 15.5 Å². The molecule has 1 saturated heterocycles. The van der Waals surface area contributed by atoms with Crippen LogP contribution in [0, 0.1) is 5.92 Å². The van der Waals surface area contributed by atoms with Crippen LogP contribution >= 0.6 is 22.7 Å². The van der Waals surface area contributed by atoms with E-state index in [4.69, 9.17) is 5.11 Å². The first kappa shape index (κ1) is 17.2. The molecule has 1 aliphatic rings. The van der Waals surface area contributed by atoms with Gasteiger partial charge in [-0.15, -0.1) is 11.3 Å². The van der Waals surface area contributed by atoms with Crippen LogP contribution in [0.4, 0.5) is 5.13 Å². The van der Waals surface area contributed by atoms with Crippen LogP contribution in [-0.2, 0) is 4.79 Å². The number of hydrogen-bond acceptors (Lipinski definition) is 6.